The third-order valence-corrected chi connectivity index (χ3v) is 6.78. The fraction of sp³-hybridized carbons (Fsp3) is 0.474. The quantitative estimate of drug-likeness (QED) is 0.743. The van der Waals surface area contributed by atoms with Crippen molar-refractivity contribution in [2.75, 3.05) is 13.2 Å². The molecular weight excluding hydrogens is 345 g/mol. The number of benzene rings is 1. The van der Waals surface area contributed by atoms with Crippen molar-refractivity contribution in [2.24, 2.45) is 0 Å². The summed E-state index contributed by atoms with van der Waals surface area (Å²) in [6, 6.07) is 9.35. The van der Waals surface area contributed by atoms with Crippen molar-refractivity contribution in [3.63, 3.8) is 0 Å². The standard InChI is InChI=1S/C19H21ClFNOS/c1-13-11-19(18-15(6-9-23-19)10-17(20)24-18)7-8-22(13)12-14-2-4-16(21)5-3-14/h2-5,10,13H,6-9,11-12H2,1H3/t13-,19+/m0/s1. The van der Waals surface area contributed by atoms with Crippen molar-refractivity contribution in [2.45, 2.75) is 44.4 Å². The summed E-state index contributed by atoms with van der Waals surface area (Å²) in [4.78, 5) is 3.80. The maximum atomic E-state index is 13.1. The van der Waals surface area contributed by atoms with Crippen LogP contribution in [0.2, 0.25) is 4.34 Å². The largest absolute Gasteiger partial charge is 0.369 e. The predicted octanol–water partition coefficient (Wildman–Crippen LogP) is 4.99. The van der Waals surface area contributed by atoms with Crippen molar-refractivity contribution in [3.8, 4) is 0 Å². The lowest BCUT2D eigenvalue weighted by molar-refractivity contribution is -0.110. The first kappa shape index (κ1) is 16.5. The molecule has 0 saturated carbocycles. The highest BCUT2D eigenvalue weighted by Gasteiger charge is 2.44. The summed E-state index contributed by atoms with van der Waals surface area (Å²) in [6.45, 7) is 4.88. The molecule has 1 spiro atoms. The van der Waals surface area contributed by atoms with Gasteiger partial charge in [-0.05, 0) is 55.5 Å². The van der Waals surface area contributed by atoms with Gasteiger partial charge in [0.2, 0.25) is 0 Å². The molecule has 3 heterocycles. The van der Waals surface area contributed by atoms with E-state index in [1.807, 2.05) is 12.1 Å². The summed E-state index contributed by atoms with van der Waals surface area (Å²) in [6.07, 6.45) is 2.94. The molecule has 5 heteroatoms. The molecule has 0 bridgehead atoms. The van der Waals surface area contributed by atoms with Crippen LogP contribution in [0.3, 0.4) is 0 Å². The van der Waals surface area contributed by atoms with Crippen LogP contribution in [0.5, 0.6) is 0 Å². The van der Waals surface area contributed by atoms with Crippen LogP contribution in [-0.2, 0) is 23.3 Å². The van der Waals surface area contributed by atoms with Gasteiger partial charge < -0.3 is 4.74 Å². The summed E-state index contributed by atoms with van der Waals surface area (Å²) < 4.78 is 20.3. The van der Waals surface area contributed by atoms with Gasteiger partial charge in [0.1, 0.15) is 11.4 Å². The van der Waals surface area contributed by atoms with E-state index in [0.29, 0.717) is 6.04 Å². The van der Waals surface area contributed by atoms with Gasteiger partial charge in [-0.25, -0.2) is 4.39 Å². The minimum atomic E-state index is -0.179. The molecule has 1 fully saturated rings. The highest BCUT2D eigenvalue weighted by atomic mass is 35.5. The van der Waals surface area contributed by atoms with Gasteiger partial charge in [0.15, 0.2) is 0 Å². The fourth-order valence-electron chi connectivity index (χ4n) is 4.04. The van der Waals surface area contributed by atoms with E-state index in [-0.39, 0.29) is 11.4 Å². The van der Waals surface area contributed by atoms with Crippen LogP contribution in [0, 0.1) is 5.82 Å². The van der Waals surface area contributed by atoms with E-state index in [1.165, 1.54) is 22.6 Å². The van der Waals surface area contributed by atoms with E-state index < -0.39 is 0 Å². The Morgan fingerprint density at radius 1 is 1.38 bits per heavy atom. The second-order valence-corrected chi connectivity index (χ2v) is 8.58. The van der Waals surface area contributed by atoms with Gasteiger partial charge >= 0.3 is 0 Å². The first-order chi connectivity index (χ1) is 11.6. The Morgan fingerprint density at radius 3 is 2.92 bits per heavy atom. The summed E-state index contributed by atoms with van der Waals surface area (Å²) in [7, 11) is 0. The van der Waals surface area contributed by atoms with Gasteiger partial charge in [0.05, 0.1) is 10.9 Å². The van der Waals surface area contributed by atoms with E-state index in [1.54, 1.807) is 11.3 Å². The van der Waals surface area contributed by atoms with Crippen LogP contribution in [0.25, 0.3) is 0 Å². The Labute approximate surface area is 151 Å². The fourth-order valence-corrected chi connectivity index (χ4v) is 5.52. The lowest BCUT2D eigenvalue weighted by Crippen LogP contribution is -2.49. The second kappa shape index (κ2) is 6.41. The normalized spacial score (nSPS) is 27.4. The van der Waals surface area contributed by atoms with Crippen molar-refractivity contribution in [1.82, 2.24) is 4.90 Å². The SMILES string of the molecule is C[C@H]1C[C@@]2(CCN1Cc1ccc(F)cc1)OCCc1cc(Cl)sc12. The minimum Gasteiger partial charge on any atom is -0.369 e. The molecule has 0 amide bonds. The number of ether oxygens (including phenoxy) is 1. The summed E-state index contributed by atoms with van der Waals surface area (Å²) in [5, 5.41) is 0. The second-order valence-electron chi connectivity index (χ2n) is 6.90. The molecule has 1 aromatic heterocycles. The Balaban J connectivity index is 1.51. The van der Waals surface area contributed by atoms with Gasteiger partial charge in [0, 0.05) is 24.0 Å². The molecule has 0 aliphatic carbocycles. The van der Waals surface area contributed by atoms with Crippen molar-refractivity contribution in [3.05, 3.63) is 56.5 Å². The lowest BCUT2D eigenvalue weighted by Gasteiger charge is -2.47. The number of halogens is 2. The maximum Gasteiger partial charge on any atom is 0.123 e. The van der Waals surface area contributed by atoms with Gasteiger partial charge in [0.25, 0.3) is 0 Å². The molecule has 128 valence electrons. The highest BCUT2D eigenvalue weighted by Crippen LogP contribution is 2.48. The van der Waals surface area contributed by atoms with Gasteiger partial charge in [-0.15, -0.1) is 11.3 Å². The summed E-state index contributed by atoms with van der Waals surface area (Å²) in [5.74, 6) is -0.179. The van der Waals surface area contributed by atoms with Gasteiger partial charge in [-0.3, -0.25) is 4.90 Å². The van der Waals surface area contributed by atoms with Crippen LogP contribution in [0.1, 0.15) is 35.8 Å². The van der Waals surface area contributed by atoms with Crippen molar-refractivity contribution in [1.29, 1.82) is 0 Å². The van der Waals surface area contributed by atoms with E-state index >= 15 is 0 Å². The molecule has 2 nitrogen and oxygen atoms in total. The number of rotatable bonds is 2. The molecule has 2 aromatic rings. The number of likely N-dealkylation sites (tertiary alicyclic amines) is 1. The lowest BCUT2D eigenvalue weighted by atomic mass is 9.82. The zero-order chi connectivity index (χ0) is 16.7. The smallest absolute Gasteiger partial charge is 0.123 e. The molecule has 4 rings (SSSR count). The van der Waals surface area contributed by atoms with E-state index in [9.17, 15) is 4.39 Å². The number of thiophene rings is 1. The van der Waals surface area contributed by atoms with Crippen molar-refractivity contribution < 1.29 is 9.13 Å². The van der Waals surface area contributed by atoms with E-state index in [4.69, 9.17) is 16.3 Å². The Bertz CT molecular complexity index is 731. The van der Waals surface area contributed by atoms with E-state index in [2.05, 4.69) is 17.9 Å². The minimum absolute atomic E-state index is 0.163. The molecule has 2 aliphatic rings. The molecule has 0 radical (unpaired) electrons. The molecular formula is C19H21ClFNOS. The highest BCUT2D eigenvalue weighted by molar-refractivity contribution is 7.16. The van der Waals surface area contributed by atoms with Crippen LogP contribution in [0.4, 0.5) is 4.39 Å². The van der Waals surface area contributed by atoms with Gasteiger partial charge in [-0.2, -0.15) is 0 Å². The maximum absolute atomic E-state index is 13.1. The molecule has 24 heavy (non-hydrogen) atoms. The molecule has 2 aliphatic heterocycles. The number of hydrogen-bond donors (Lipinski definition) is 0. The van der Waals surface area contributed by atoms with E-state index in [0.717, 1.165) is 48.9 Å². The number of nitrogens with zero attached hydrogens (tertiary/aromatic N) is 1. The Morgan fingerprint density at radius 2 is 2.17 bits per heavy atom. The van der Waals surface area contributed by atoms with Crippen LogP contribution >= 0.6 is 22.9 Å². The first-order valence-electron chi connectivity index (χ1n) is 8.47. The molecule has 0 unspecified atom stereocenters. The molecule has 1 saturated heterocycles. The van der Waals surface area contributed by atoms with Crippen LogP contribution in [-0.4, -0.2) is 24.1 Å². The number of piperidine rings is 1. The van der Waals surface area contributed by atoms with Gasteiger partial charge in [-0.1, -0.05) is 23.7 Å². The average Bonchev–Trinajstić information content (AvgIpc) is 2.94. The zero-order valence-corrected chi connectivity index (χ0v) is 15.3. The van der Waals surface area contributed by atoms with Crippen molar-refractivity contribution >= 4 is 22.9 Å². The Hall–Kier alpha value is -0.940. The predicted molar refractivity (Wildman–Crippen MR) is 96.2 cm³/mol. The first-order valence-corrected chi connectivity index (χ1v) is 9.66. The van der Waals surface area contributed by atoms with Crippen LogP contribution in [0.15, 0.2) is 30.3 Å². The summed E-state index contributed by atoms with van der Waals surface area (Å²) >= 11 is 7.95. The number of fused-ring (bicyclic) bond motifs is 2. The third kappa shape index (κ3) is 3.01. The van der Waals surface area contributed by atoms with Crippen LogP contribution < -0.4 is 0 Å². The molecule has 2 atom stereocenters. The Kier molecular flexibility index (Phi) is 4.42. The summed E-state index contributed by atoms with van der Waals surface area (Å²) in [5.41, 5.74) is 2.36. The average molecular weight is 366 g/mol. The number of hydrogen-bond acceptors (Lipinski definition) is 3. The zero-order valence-electron chi connectivity index (χ0n) is 13.7. The monoisotopic (exact) mass is 365 g/mol. The topological polar surface area (TPSA) is 12.5 Å². The molecule has 0 N–H and O–H groups in total. The molecule has 1 aromatic carbocycles. The third-order valence-electron chi connectivity index (χ3n) is 5.29.